The van der Waals surface area contributed by atoms with Gasteiger partial charge in [0.2, 0.25) is 0 Å². The first-order valence-corrected chi connectivity index (χ1v) is 4.79. The molecule has 0 spiro atoms. The van der Waals surface area contributed by atoms with E-state index in [1.807, 2.05) is 0 Å². The lowest BCUT2D eigenvalue weighted by molar-refractivity contribution is 0.0859. The summed E-state index contributed by atoms with van der Waals surface area (Å²) >= 11 is 0. The first-order valence-electron chi connectivity index (χ1n) is 4.79. The fourth-order valence-corrected chi connectivity index (χ4v) is 1.67. The number of carbonyl (C=O) groups is 1. The Labute approximate surface area is 87.0 Å². The van der Waals surface area contributed by atoms with E-state index in [0.29, 0.717) is 13.0 Å². The van der Waals surface area contributed by atoms with Gasteiger partial charge in [-0.2, -0.15) is 0 Å². The molecule has 80 valence electrons. The Kier molecular flexibility index (Phi) is 2.54. The van der Waals surface area contributed by atoms with Crippen molar-refractivity contribution in [2.24, 2.45) is 5.73 Å². The highest BCUT2D eigenvalue weighted by atomic mass is 19.1. The zero-order valence-electron chi connectivity index (χ0n) is 8.20. The lowest BCUT2D eigenvalue weighted by Gasteiger charge is -2.19. The van der Waals surface area contributed by atoms with Crippen LogP contribution in [0.4, 0.5) is 4.39 Å². The molecule has 1 aromatic rings. The van der Waals surface area contributed by atoms with Crippen molar-refractivity contribution in [2.45, 2.75) is 12.0 Å². The van der Waals surface area contributed by atoms with E-state index in [9.17, 15) is 9.18 Å². The molecular formula is C11H12FNO2. The van der Waals surface area contributed by atoms with Crippen molar-refractivity contribution >= 4 is 5.78 Å². The van der Waals surface area contributed by atoms with E-state index in [4.69, 9.17) is 10.5 Å². The minimum Gasteiger partial charge on any atom is -0.379 e. The number of nitrogens with two attached hydrogens (primary N) is 1. The van der Waals surface area contributed by atoms with Crippen LogP contribution in [0.3, 0.4) is 0 Å². The number of ketones is 1. The first-order chi connectivity index (χ1) is 7.13. The minimum absolute atomic E-state index is 0.0468. The molecule has 0 aromatic heterocycles. The summed E-state index contributed by atoms with van der Waals surface area (Å²) in [4.78, 5) is 11.9. The first kappa shape index (κ1) is 10.3. The maximum atomic E-state index is 13.3. The highest BCUT2D eigenvalue weighted by molar-refractivity contribution is 6.03. The number of halogens is 1. The fourth-order valence-electron chi connectivity index (χ4n) is 1.67. The monoisotopic (exact) mass is 209 g/mol. The molecule has 1 aliphatic heterocycles. The van der Waals surface area contributed by atoms with Gasteiger partial charge in [-0.05, 0) is 18.6 Å². The molecule has 2 rings (SSSR count). The Bertz CT molecular complexity index is 386. The van der Waals surface area contributed by atoms with Crippen molar-refractivity contribution in [1.29, 1.82) is 0 Å². The van der Waals surface area contributed by atoms with Crippen molar-refractivity contribution < 1.29 is 13.9 Å². The van der Waals surface area contributed by atoms with Gasteiger partial charge in [-0.3, -0.25) is 4.79 Å². The van der Waals surface area contributed by atoms with Crippen molar-refractivity contribution in [3.63, 3.8) is 0 Å². The maximum absolute atomic E-state index is 13.3. The number of hydrogen-bond acceptors (Lipinski definition) is 3. The van der Waals surface area contributed by atoms with Crippen molar-refractivity contribution in [3.8, 4) is 0 Å². The number of rotatable bonds is 2. The number of benzene rings is 1. The van der Waals surface area contributed by atoms with Crippen LogP contribution in [-0.4, -0.2) is 24.5 Å². The molecule has 1 aromatic carbocycles. The zero-order valence-corrected chi connectivity index (χ0v) is 8.20. The molecule has 15 heavy (non-hydrogen) atoms. The van der Waals surface area contributed by atoms with Crippen LogP contribution in [0.25, 0.3) is 0 Å². The van der Waals surface area contributed by atoms with Crippen LogP contribution in [0.15, 0.2) is 24.3 Å². The van der Waals surface area contributed by atoms with E-state index in [-0.39, 0.29) is 18.0 Å². The van der Waals surface area contributed by atoms with E-state index < -0.39 is 11.4 Å². The van der Waals surface area contributed by atoms with Gasteiger partial charge in [0.15, 0.2) is 5.78 Å². The number of Topliss-reactive ketones (excluding diaryl/α,β-unsaturated/α-hetero) is 1. The van der Waals surface area contributed by atoms with Crippen LogP contribution in [0, 0.1) is 5.82 Å². The van der Waals surface area contributed by atoms with Crippen LogP contribution >= 0.6 is 0 Å². The van der Waals surface area contributed by atoms with Crippen LogP contribution in [0.2, 0.25) is 0 Å². The second kappa shape index (κ2) is 3.72. The third-order valence-corrected chi connectivity index (χ3v) is 2.62. The van der Waals surface area contributed by atoms with Crippen LogP contribution in [0.5, 0.6) is 0 Å². The average molecular weight is 209 g/mol. The zero-order chi connectivity index (χ0) is 10.9. The Morgan fingerprint density at radius 1 is 1.47 bits per heavy atom. The molecule has 0 bridgehead atoms. The summed E-state index contributed by atoms with van der Waals surface area (Å²) in [6.45, 7) is 0.622. The molecule has 4 heteroatoms. The van der Waals surface area contributed by atoms with Gasteiger partial charge in [0, 0.05) is 6.61 Å². The molecule has 1 atom stereocenters. The minimum atomic E-state index is -1.05. The van der Waals surface area contributed by atoms with Gasteiger partial charge < -0.3 is 10.5 Å². The molecule has 3 nitrogen and oxygen atoms in total. The fraction of sp³-hybridized carbons (Fsp3) is 0.364. The molecule has 2 N–H and O–H groups in total. The van der Waals surface area contributed by atoms with Gasteiger partial charge >= 0.3 is 0 Å². The molecule has 0 amide bonds. The standard InChI is InChI=1S/C11H12FNO2/c12-9-4-2-1-3-8(9)10(14)11(13)5-6-15-7-11/h1-4H,5-7,13H2. The lowest BCUT2D eigenvalue weighted by Crippen LogP contribution is -2.48. The Morgan fingerprint density at radius 3 is 2.80 bits per heavy atom. The summed E-state index contributed by atoms with van der Waals surface area (Å²) in [6, 6.07) is 5.87. The normalized spacial score (nSPS) is 25.5. The van der Waals surface area contributed by atoms with Gasteiger partial charge in [0.1, 0.15) is 11.4 Å². The van der Waals surface area contributed by atoms with Gasteiger partial charge in [0.05, 0.1) is 12.2 Å². The summed E-state index contributed by atoms with van der Waals surface area (Å²) in [5, 5.41) is 0. The molecule has 1 fully saturated rings. The Hall–Kier alpha value is -1.26. The van der Waals surface area contributed by atoms with E-state index in [2.05, 4.69) is 0 Å². The molecule has 0 saturated carbocycles. The summed E-state index contributed by atoms with van der Waals surface area (Å²) < 4.78 is 18.4. The average Bonchev–Trinajstić information content (AvgIpc) is 2.66. The highest BCUT2D eigenvalue weighted by Crippen LogP contribution is 2.22. The van der Waals surface area contributed by atoms with E-state index >= 15 is 0 Å². The molecule has 0 aliphatic carbocycles. The van der Waals surface area contributed by atoms with Gasteiger partial charge in [-0.1, -0.05) is 12.1 Å². The molecule has 1 saturated heterocycles. The Balaban J connectivity index is 2.32. The predicted octanol–water partition coefficient (Wildman–Crippen LogP) is 1.13. The third kappa shape index (κ3) is 1.78. The molecular weight excluding hydrogens is 197 g/mol. The number of carbonyl (C=O) groups excluding carboxylic acids is 1. The highest BCUT2D eigenvalue weighted by Gasteiger charge is 2.39. The number of hydrogen-bond donors (Lipinski definition) is 1. The van der Waals surface area contributed by atoms with Gasteiger partial charge in [0.25, 0.3) is 0 Å². The smallest absolute Gasteiger partial charge is 0.188 e. The van der Waals surface area contributed by atoms with Crippen LogP contribution < -0.4 is 5.73 Å². The largest absolute Gasteiger partial charge is 0.379 e. The second-order valence-corrected chi connectivity index (χ2v) is 3.77. The molecule has 1 heterocycles. The quantitative estimate of drug-likeness (QED) is 0.743. The van der Waals surface area contributed by atoms with Crippen LogP contribution in [0.1, 0.15) is 16.8 Å². The van der Waals surface area contributed by atoms with Gasteiger partial charge in [-0.25, -0.2) is 4.39 Å². The summed E-state index contributed by atoms with van der Waals surface area (Å²) in [6.07, 6.45) is 0.445. The maximum Gasteiger partial charge on any atom is 0.188 e. The lowest BCUT2D eigenvalue weighted by atomic mass is 9.89. The summed E-state index contributed by atoms with van der Waals surface area (Å²) in [7, 11) is 0. The van der Waals surface area contributed by atoms with E-state index in [1.54, 1.807) is 12.1 Å². The predicted molar refractivity (Wildman–Crippen MR) is 53.1 cm³/mol. The molecule has 1 unspecified atom stereocenters. The Morgan fingerprint density at radius 2 is 2.20 bits per heavy atom. The van der Waals surface area contributed by atoms with Gasteiger partial charge in [-0.15, -0.1) is 0 Å². The van der Waals surface area contributed by atoms with Crippen molar-refractivity contribution in [2.75, 3.05) is 13.2 Å². The molecule has 1 aliphatic rings. The SMILES string of the molecule is NC1(C(=O)c2ccccc2F)CCOC1. The van der Waals surface area contributed by atoms with E-state index in [1.165, 1.54) is 12.1 Å². The summed E-state index contributed by atoms with van der Waals surface area (Å²) in [5.41, 5.74) is 4.86. The van der Waals surface area contributed by atoms with E-state index in [0.717, 1.165) is 0 Å². The summed E-state index contributed by atoms with van der Waals surface area (Å²) in [5.74, 6) is -0.905. The topological polar surface area (TPSA) is 52.3 Å². The molecule has 0 radical (unpaired) electrons. The van der Waals surface area contributed by atoms with Crippen molar-refractivity contribution in [3.05, 3.63) is 35.6 Å². The second-order valence-electron chi connectivity index (χ2n) is 3.77. The van der Waals surface area contributed by atoms with Crippen LogP contribution in [-0.2, 0) is 4.74 Å². The number of ether oxygens (including phenoxy) is 1. The third-order valence-electron chi connectivity index (χ3n) is 2.62. The van der Waals surface area contributed by atoms with Crippen molar-refractivity contribution in [1.82, 2.24) is 0 Å².